The van der Waals surface area contributed by atoms with Crippen molar-refractivity contribution in [3.8, 4) is 0 Å². The van der Waals surface area contributed by atoms with E-state index in [0.717, 1.165) is 44.2 Å². The van der Waals surface area contributed by atoms with Gasteiger partial charge in [-0.1, -0.05) is 19.3 Å². The molecular formula is C19H20FNO4S. The second-order valence-corrected chi connectivity index (χ2v) is 8.35. The summed E-state index contributed by atoms with van der Waals surface area (Å²) in [5, 5.41) is 9.58. The first kappa shape index (κ1) is 18.4. The summed E-state index contributed by atoms with van der Waals surface area (Å²) in [6, 6.07) is 10.3. The van der Waals surface area contributed by atoms with E-state index in [9.17, 15) is 22.7 Å². The standard InChI is InChI=1S/C19H20FNO4S/c20-14-6-10-17(11-7-14)26(24,25)18-12-8-16(9-13-18)21(19(22)23)15-4-2-1-3-5-15/h6-13,15H,1-5H2,(H,22,23). The van der Waals surface area contributed by atoms with Gasteiger partial charge in [0.15, 0.2) is 0 Å². The summed E-state index contributed by atoms with van der Waals surface area (Å²) in [5.74, 6) is -0.510. The van der Waals surface area contributed by atoms with Gasteiger partial charge in [0.1, 0.15) is 5.82 Å². The molecular weight excluding hydrogens is 357 g/mol. The Morgan fingerprint density at radius 1 is 0.923 bits per heavy atom. The van der Waals surface area contributed by atoms with E-state index in [4.69, 9.17) is 0 Å². The topological polar surface area (TPSA) is 74.7 Å². The highest BCUT2D eigenvalue weighted by atomic mass is 32.2. The number of rotatable bonds is 4. The maximum absolute atomic E-state index is 13.0. The monoisotopic (exact) mass is 377 g/mol. The highest BCUT2D eigenvalue weighted by molar-refractivity contribution is 7.91. The predicted octanol–water partition coefficient (Wildman–Crippen LogP) is 4.48. The van der Waals surface area contributed by atoms with Crippen LogP contribution in [0, 0.1) is 5.82 Å². The lowest BCUT2D eigenvalue weighted by molar-refractivity contribution is 0.196. The van der Waals surface area contributed by atoms with E-state index >= 15 is 0 Å². The minimum Gasteiger partial charge on any atom is -0.465 e. The molecule has 0 bridgehead atoms. The number of hydrogen-bond acceptors (Lipinski definition) is 3. The van der Waals surface area contributed by atoms with Gasteiger partial charge in [0.25, 0.3) is 0 Å². The van der Waals surface area contributed by atoms with Crippen molar-refractivity contribution >= 4 is 21.6 Å². The molecule has 1 saturated carbocycles. The first-order valence-corrected chi connectivity index (χ1v) is 10.0. The van der Waals surface area contributed by atoms with Crippen LogP contribution in [0.1, 0.15) is 32.1 Å². The average Bonchev–Trinajstić information content (AvgIpc) is 2.63. The molecule has 1 fully saturated rings. The third kappa shape index (κ3) is 3.72. The van der Waals surface area contributed by atoms with Gasteiger partial charge in [-0.3, -0.25) is 4.90 Å². The van der Waals surface area contributed by atoms with Gasteiger partial charge in [0.2, 0.25) is 9.84 Å². The van der Waals surface area contributed by atoms with Crippen molar-refractivity contribution < 1.29 is 22.7 Å². The molecule has 1 aliphatic rings. The lowest BCUT2D eigenvalue weighted by Gasteiger charge is -2.32. The minimum absolute atomic E-state index is 0.00554. The fourth-order valence-corrected chi connectivity index (χ4v) is 4.61. The Morgan fingerprint density at radius 2 is 1.42 bits per heavy atom. The first-order chi connectivity index (χ1) is 12.4. The van der Waals surface area contributed by atoms with Crippen molar-refractivity contribution in [2.24, 2.45) is 0 Å². The number of carbonyl (C=O) groups is 1. The van der Waals surface area contributed by atoms with E-state index in [2.05, 4.69) is 0 Å². The molecule has 0 heterocycles. The van der Waals surface area contributed by atoms with E-state index < -0.39 is 21.7 Å². The molecule has 3 rings (SSSR count). The molecule has 26 heavy (non-hydrogen) atoms. The van der Waals surface area contributed by atoms with Crippen LogP contribution in [0.15, 0.2) is 58.3 Å². The number of halogens is 1. The molecule has 7 heteroatoms. The Hall–Kier alpha value is -2.41. The van der Waals surface area contributed by atoms with Crippen LogP contribution < -0.4 is 4.90 Å². The van der Waals surface area contributed by atoms with Crippen molar-refractivity contribution in [2.45, 2.75) is 47.9 Å². The van der Waals surface area contributed by atoms with Crippen LogP contribution in [-0.2, 0) is 9.84 Å². The van der Waals surface area contributed by atoms with Gasteiger partial charge >= 0.3 is 6.09 Å². The van der Waals surface area contributed by atoms with Crippen LogP contribution in [0.3, 0.4) is 0 Å². The molecule has 1 aliphatic carbocycles. The zero-order valence-electron chi connectivity index (χ0n) is 14.1. The van der Waals surface area contributed by atoms with Crippen molar-refractivity contribution in [3.63, 3.8) is 0 Å². The SMILES string of the molecule is O=C(O)N(c1ccc(S(=O)(=O)c2ccc(F)cc2)cc1)C1CCCCC1. The van der Waals surface area contributed by atoms with E-state index in [0.29, 0.717) is 5.69 Å². The van der Waals surface area contributed by atoms with Crippen LogP contribution in [0.25, 0.3) is 0 Å². The normalized spacial score (nSPS) is 15.6. The third-order valence-electron chi connectivity index (χ3n) is 4.70. The van der Waals surface area contributed by atoms with Gasteiger partial charge in [-0.05, 0) is 61.4 Å². The number of hydrogen-bond donors (Lipinski definition) is 1. The largest absolute Gasteiger partial charge is 0.465 e. The van der Waals surface area contributed by atoms with Crippen molar-refractivity contribution in [1.82, 2.24) is 0 Å². The Morgan fingerprint density at radius 3 is 1.92 bits per heavy atom. The summed E-state index contributed by atoms with van der Waals surface area (Å²) in [5.41, 5.74) is 0.461. The molecule has 1 N–H and O–H groups in total. The van der Waals surface area contributed by atoms with E-state index in [1.165, 1.54) is 41.3 Å². The Labute approximate surface area is 152 Å². The third-order valence-corrected chi connectivity index (χ3v) is 6.48. The van der Waals surface area contributed by atoms with Gasteiger partial charge in [-0.15, -0.1) is 0 Å². The van der Waals surface area contributed by atoms with Crippen molar-refractivity contribution in [1.29, 1.82) is 0 Å². The summed E-state index contributed by atoms with van der Waals surface area (Å²) in [6.45, 7) is 0. The lowest BCUT2D eigenvalue weighted by atomic mass is 9.94. The Kier molecular flexibility index (Phi) is 5.27. The fourth-order valence-electron chi connectivity index (χ4n) is 3.35. The molecule has 5 nitrogen and oxygen atoms in total. The van der Waals surface area contributed by atoms with Gasteiger partial charge in [0, 0.05) is 11.7 Å². The number of sulfone groups is 1. The maximum Gasteiger partial charge on any atom is 0.412 e. The predicted molar refractivity (Wildman–Crippen MR) is 95.7 cm³/mol. The number of amides is 1. The zero-order chi connectivity index (χ0) is 18.7. The quantitative estimate of drug-likeness (QED) is 0.798. The lowest BCUT2D eigenvalue weighted by Crippen LogP contribution is -2.40. The van der Waals surface area contributed by atoms with E-state index in [1.54, 1.807) is 0 Å². The van der Waals surface area contributed by atoms with Crippen LogP contribution in [0.5, 0.6) is 0 Å². The summed E-state index contributed by atoms with van der Waals surface area (Å²) < 4.78 is 38.2. The molecule has 0 saturated heterocycles. The number of anilines is 1. The van der Waals surface area contributed by atoms with Crippen LogP contribution in [0.2, 0.25) is 0 Å². The molecule has 2 aromatic carbocycles. The van der Waals surface area contributed by atoms with Crippen LogP contribution in [0.4, 0.5) is 14.9 Å². The van der Waals surface area contributed by atoms with Crippen LogP contribution >= 0.6 is 0 Å². The second-order valence-electron chi connectivity index (χ2n) is 6.40. The molecule has 138 valence electrons. The maximum atomic E-state index is 13.0. The van der Waals surface area contributed by atoms with Gasteiger partial charge in [-0.2, -0.15) is 0 Å². The fraction of sp³-hybridized carbons (Fsp3) is 0.316. The summed E-state index contributed by atoms with van der Waals surface area (Å²) >= 11 is 0. The smallest absolute Gasteiger partial charge is 0.412 e. The molecule has 0 radical (unpaired) electrons. The van der Waals surface area contributed by atoms with Crippen molar-refractivity contribution in [3.05, 3.63) is 54.3 Å². The van der Waals surface area contributed by atoms with Gasteiger partial charge < -0.3 is 5.11 Å². The summed E-state index contributed by atoms with van der Waals surface area (Å²) in [6.07, 6.45) is 3.67. The minimum atomic E-state index is -3.78. The summed E-state index contributed by atoms with van der Waals surface area (Å²) in [7, 11) is -3.78. The molecule has 0 unspecified atom stereocenters. The van der Waals surface area contributed by atoms with Crippen molar-refractivity contribution in [2.75, 3.05) is 4.90 Å². The molecule has 0 spiro atoms. The molecule has 0 aromatic heterocycles. The highest BCUT2D eigenvalue weighted by Gasteiger charge is 2.27. The number of benzene rings is 2. The first-order valence-electron chi connectivity index (χ1n) is 8.52. The molecule has 0 aliphatic heterocycles. The van der Waals surface area contributed by atoms with Gasteiger partial charge in [-0.25, -0.2) is 17.6 Å². The zero-order valence-corrected chi connectivity index (χ0v) is 15.0. The number of nitrogens with zero attached hydrogens (tertiary/aromatic N) is 1. The average molecular weight is 377 g/mol. The molecule has 1 amide bonds. The van der Waals surface area contributed by atoms with Crippen LogP contribution in [-0.4, -0.2) is 25.7 Å². The Bertz CT molecular complexity index is 873. The number of carboxylic acid groups (broad SMARTS) is 1. The van der Waals surface area contributed by atoms with E-state index in [-0.39, 0.29) is 15.8 Å². The molecule has 0 atom stereocenters. The van der Waals surface area contributed by atoms with Gasteiger partial charge in [0.05, 0.1) is 9.79 Å². The highest BCUT2D eigenvalue weighted by Crippen LogP contribution is 2.29. The Balaban J connectivity index is 1.89. The molecule has 2 aromatic rings. The second kappa shape index (κ2) is 7.45. The van der Waals surface area contributed by atoms with E-state index in [1.807, 2.05) is 0 Å². The summed E-state index contributed by atoms with van der Waals surface area (Å²) in [4.78, 5) is 13.1.